The lowest BCUT2D eigenvalue weighted by atomic mass is 9.89. The Balaban J connectivity index is 1.39. The Kier molecular flexibility index (Phi) is 7.26. The summed E-state index contributed by atoms with van der Waals surface area (Å²) >= 11 is 0. The van der Waals surface area contributed by atoms with Crippen LogP contribution in [0, 0.1) is 5.92 Å². The van der Waals surface area contributed by atoms with Gasteiger partial charge in [0.1, 0.15) is 0 Å². The zero-order chi connectivity index (χ0) is 21.3. The van der Waals surface area contributed by atoms with Crippen molar-refractivity contribution >= 4 is 23.4 Å². The topological polar surface area (TPSA) is 106 Å². The standard InChI is InChI=1S/C22H25N3O5/c1-2-29-18-9-5-6-10-19(18)30-14-21(27)25-24-20(26)12-11-16-13-15-7-3-4-8-17(15)23-22(16)28/h3-10,16H,2,11-14H2,1H3,(H,23,28)(H,24,26)(H,25,27). The van der Waals surface area contributed by atoms with Crippen LogP contribution in [0.1, 0.15) is 25.3 Å². The third kappa shape index (κ3) is 5.73. The fourth-order valence-electron chi connectivity index (χ4n) is 3.18. The molecule has 3 amide bonds. The molecular formula is C22H25N3O5. The first-order valence-corrected chi connectivity index (χ1v) is 9.88. The van der Waals surface area contributed by atoms with E-state index in [1.165, 1.54) is 0 Å². The molecule has 1 aliphatic rings. The number of carbonyl (C=O) groups is 3. The fourth-order valence-corrected chi connectivity index (χ4v) is 3.18. The molecule has 0 saturated heterocycles. The first-order valence-electron chi connectivity index (χ1n) is 9.88. The molecule has 0 radical (unpaired) electrons. The second-order valence-corrected chi connectivity index (χ2v) is 6.85. The van der Waals surface area contributed by atoms with E-state index in [4.69, 9.17) is 9.47 Å². The number of hydrazine groups is 1. The number of anilines is 1. The lowest BCUT2D eigenvalue weighted by molar-refractivity contribution is -0.130. The molecule has 30 heavy (non-hydrogen) atoms. The molecule has 8 heteroatoms. The van der Waals surface area contributed by atoms with Crippen molar-refractivity contribution in [3.05, 3.63) is 54.1 Å². The van der Waals surface area contributed by atoms with Crippen LogP contribution in [0.2, 0.25) is 0 Å². The Bertz CT molecular complexity index is 915. The average molecular weight is 411 g/mol. The number of hydrogen-bond donors (Lipinski definition) is 3. The number of hydrogen-bond acceptors (Lipinski definition) is 5. The van der Waals surface area contributed by atoms with Crippen molar-refractivity contribution in [1.82, 2.24) is 10.9 Å². The van der Waals surface area contributed by atoms with Crippen molar-refractivity contribution in [2.24, 2.45) is 5.92 Å². The zero-order valence-corrected chi connectivity index (χ0v) is 16.8. The molecule has 158 valence electrons. The van der Waals surface area contributed by atoms with E-state index >= 15 is 0 Å². The summed E-state index contributed by atoms with van der Waals surface area (Å²) in [5.41, 5.74) is 6.54. The molecule has 1 atom stereocenters. The third-order valence-corrected chi connectivity index (χ3v) is 4.68. The van der Waals surface area contributed by atoms with Gasteiger partial charge in [0.15, 0.2) is 18.1 Å². The van der Waals surface area contributed by atoms with Crippen LogP contribution in [-0.4, -0.2) is 30.9 Å². The zero-order valence-electron chi connectivity index (χ0n) is 16.8. The Morgan fingerprint density at radius 1 is 1.00 bits per heavy atom. The predicted molar refractivity (Wildman–Crippen MR) is 111 cm³/mol. The molecule has 0 spiro atoms. The van der Waals surface area contributed by atoms with E-state index in [1.54, 1.807) is 18.2 Å². The van der Waals surface area contributed by atoms with Crippen molar-refractivity contribution < 1.29 is 23.9 Å². The van der Waals surface area contributed by atoms with E-state index in [0.717, 1.165) is 11.3 Å². The fraction of sp³-hybridized carbons (Fsp3) is 0.318. The summed E-state index contributed by atoms with van der Waals surface area (Å²) in [4.78, 5) is 36.2. The second kappa shape index (κ2) is 10.3. The van der Waals surface area contributed by atoms with Gasteiger partial charge in [-0.25, -0.2) is 0 Å². The van der Waals surface area contributed by atoms with E-state index < -0.39 is 5.91 Å². The smallest absolute Gasteiger partial charge is 0.276 e. The first-order chi connectivity index (χ1) is 14.6. The highest BCUT2D eigenvalue weighted by Crippen LogP contribution is 2.27. The third-order valence-electron chi connectivity index (χ3n) is 4.68. The summed E-state index contributed by atoms with van der Waals surface area (Å²) in [6.45, 7) is 2.06. The van der Waals surface area contributed by atoms with Crippen molar-refractivity contribution in [2.45, 2.75) is 26.2 Å². The van der Waals surface area contributed by atoms with Gasteiger partial charge in [-0.3, -0.25) is 25.2 Å². The molecule has 1 heterocycles. The normalized spacial score (nSPS) is 14.8. The minimum atomic E-state index is -0.501. The van der Waals surface area contributed by atoms with Gasteiger partial charge in [-0.2, -0.15) is 0 Å². The highest BCUT2D eigenvalue weighted by atomic mass is 16.5. The number of rotatable bonds is 8. The minimum absolute atomic E-state index is 0.0908. The molecule has 8 nitrogen and oxygen atoms in total. The number of nitrogens with one attached hydrogen (secondary N) is 3. The van der Waals surface area contributed by atoms with Crippen LogP contribution in [0.5, 0.6) is 11.5 Å². The van der Waals surface area contributed by atoms with E-state index in [2.05, 4.69) is 16.2 Å². The molecule has 2 aromatic rings. The van der Waals surface area contributed by atoms with E-state index in [-0.39, 0.29) is 30.8 Å². The van der Waals surface area contributed by atoms with Gasteiger partial charge in [0.05, 0.1) is 6.61 Å². The molecule has 1 unspecified atom stereocenters. The summed E-state index contributed by atoms with van der Waals surface area (Å²) < 4.78 is 10.9. The maximum atomic E-state index is 12.2. The molecule has 3 N–H and O–H groups in total. The predicted octanol–water partition coefficient (Wildman–Crippen LogP) is 2.20. The van der Waals surface area contributed by atoms with Crippen LogP contribution in [0.4, 0.5) is 5.69 Å². The van der Waals surface area contributed by atoms with Gasteiger partial charge in [-0.15, -0.1) is 0 Å². The number of para-hydroxylation sites is 3. The number of carbonyl (C=O) groups excluding carboxylic acids is 3. The monoisotopic (exact) mass is 411 g/mol. The Morgan fingerprint density at radius 3 is 2.43 bits per heavy atom. The van der Waals surface area contributed by atoms with E-state index in [1.807, 2.05) is 37.3 Å². The molecule has 0 fully saturated rings. The average Bonchev–Trinajstić information content (AvgIpc) is 2.75. The van der Waals surface area contributed by atoms with E-state index in [9.17, 15) is 14.4 Å². The highest BCUT2D eigenvalue weighted by molar-refractivity contribution is 5.96. The minimum Gasteiger partial charge on any atom is -0.490 e. The number of amides is 3. The number of benzene rings is 2. The van der Waals surface area contributed by atoms with Crippen LogP contribution in [-0.2, 0) is 20.8 Å². The maximum absolute atomic E-state index is 12.2. The van der Waals surface area contributed by atoms with Crippen LogP contribution < -0.4 is 25.6 Å². The summed E-state index contributed by atoms with van der Waals surface area (Å²) in [5.74, 6) is -0.246. The maximum Gasteiger partial charge on any atom is 0.276 e. The molecule has 0 aromatic heterocycles. The van der Waals surface area contributed by atoms with Gasteiger partial charge in [-0.1, -0.05) is 30.3 Å². The van der Waals surface area contributed by atoms with Crippen molar-refractivity contribution in [3.8, 4) is 11.5 Å². The Hall–Kier alpha value is -3.55. The van der Waals surface area contributed by atoms with Crippen molar-refractivity contribution in [1.29, 1.82) is 0 Å². The molecule has 0 bridgehead atoms. The molecule has 3 rings (SSSR count). The largest absolute Gasteiger partial charge is 0.490 e. The van der Waals surface area contributed by atoms with Crippen LogP contribution in [0.3, 0.4) is 0 Å². The summed E-state index contributed by atoms with van der Waals surface area (Å²) in [6.07, 6.45) is 1.10. The SMILES string of the molecule is CCOc1ccccc1OCC(=O)NNC(=O)CCC1Cc2ccccc2NC1=O. The summed E-state index contributed by atoms with van der Waals surface area (Å²) in [5, 5.41) is 2.86. The van der Waals surface area contributed by atoms with Gasteiger partial charge in [0, 0.05) is 18.0 Å². The van der Waals surface area contributed by atoms with Crippen LogP contribution >= 0.6 is 0 Å². The van der Waals surface area contributed by atoms with Crippen LogP contribution in [0.25, 0.3) is 0 Å². The summed E-state index contributed by atoms with van der Waals surface area (Å²) in [7, 11) is 0. The Labute approximate surface area is 174 Å². The second-order valence-electron chi connectivity index (χ2n) is 6.85. The van der Waals surface area contributed by atoms with Gasteiger partial charge < -0.3 is 14.8 Å². The van der Waals surface area contributed by atoms with Gasteiger partial charge >= 0.3 is 0 Å². The Morgan fingerprint density at radius 2 is 1.67 bits per heavy atom. The first kappa shape index (κ1) is 21.2. The lowest BCUT2D eigenvalue weighted by Crippen LogP contribution is -2.44. The van der Waals surface area contributed by atoms with Gasteiger partial charge in [0.25, 0.3) is 5.91 Å². The van der Waals surface area contributed by atoms with Gasteiger partial charge in [0.2, 0.25) is 11.8 Å². The highest BCUT2D eigenvalue weighted by Gasteiger charge is 2.26. The molecule has 0 saturated carbocycles. The molecule has 2 aromatic carbocycles. The number of ether oxygens (including phenoxy) is 2. The summed E-state index contributed by atoms with van der Waals surface area (Å²) in [6, 6.07) is 14.6. The van der Waals surface area contributed by atoms with Crippen molar-refractivity contribution in [2.75, 3.05) is 18.5 Å². The lowest BCUT2D eigenvalue weighted by Gasteiger charge is -2.24. The molecule has 1 aliphatic heterocycles. The molecular weight excluding hydrogens is 386 g/mol. The van der Waals surface area contributed by atoms with Crippen molar-refractivity contribution in [3.63, 3.8) is 0 Å². The van der Waals surface area contributed by atoms with Crippen LogP contribution in [0.15, 0.2) is 48.5 Å². The van der Waals surface area contributed by atoms with Gasteiger partial charge in [-0.05, 0) is 43.5 Å². The quantitative estimate of drug-likeness (QED) is 0.578. The number of fused-ring (bicyclic) bond motifs is 1. The van der Waals surface area contributed by atoms with E-state index in [0.29, 0.717) is 30.9 Å². The molecule has 0 aliphatic carbocycles.